The molecule has 0 fully saturated rings. The number of ether oxygens (including phenoxy) is 1. The quantitative estimate of drug-likeness (QED) is 0.839. The third-order valence-electron chi connectivity index (χ3n) is 3.15. The van der Waals surface area contributed by atoms with Gasteiger partial charge in [0.05, 0.1) is 12.2 Å². The zero-order chi connectivity index (χ0) is 17.0. The molecule has 0 amide bonds. The summed E-state index contributed by atoms with van der Waals surface area (Å²) in [6.45, 7) is 1.95. The first-order valence-electron chi connectivity index (χ1n) is 7.00. The van der Waals surface area contributed by atoms with Crippen molar-refractivity contribution in [2.24, 2.45) is 5.73 Å². The molecular weight excluding hydrogens is 327 g/mol. The second-order valence-electron chi connectivity index (χ2n) is 4.91. The first kappa shape index (κ1) is 17.5. The average Bonchev–Trinajstić information content (AvgIpc) is 2.95. The van der Waals surface area contributed by atoms with Crippen LogP contribution in [-0.4, -0.2) is 18.6 Å². The average molecular weight is 343 g/mol. The lowest BCUT2D eigenvalue weighted by molar-refractivity contribution is -0.144. The summed E-state index contributed by atoms with van der Waals surface area (Å²) in [5, 5.41) is 0. The Morgan fingerprint density at radius 2 is 2.04 bits per heavy atom. The molecule has 0 aliphatic carbocycles. The van der Waals surface area contributed by atoms with Crippen LogP contribution in [0.5, 0.6) is 0 Å². The number of rotatable bonds is 5. The molecule has 2 rings (SSSR count). The third kappa shape index (κ3) is 4.56. The van der Waals surface area contributed by atoms with E-state index in [2.05, 4.69) is 0 Å². The molecular formula is C16H16F3NO2S. The van der Waals surface area contributed by atoms with Crippen LogP contribution in [0.2, 0.25) is 0 Å². The van der Waals surface area contributed by atoms with Crippen LogP contribution in [0.15, 0.2) is 36.4 Å². The number of carbonyl (C=O) groups is 1. The Labute approximate surface area is 135 Å². The van der Waals surface area contributed by atoms with Gasteiger partial charge in [0.1, 0.15) is 6.04 Å². The van der Waals surface area contributed by atoms with Crippen LogP contribution in [0.1, 0.15) is 17.4 Å². The highest BCUT2D eigenvalue weighted by Crippen LogP contribution is 2.34. The van der Waals surface area contributed by atoms with E-state index in [4.69, 9.17) is 10.5 Å². The van der Waals surface area contributed by atoms with E-state index in [-0.39, 0.29) is 6.61 Å². The molecule has 1 aromatic heterocycles. The number of carbonyl (C=O) groups excluding carboxylic acids is 1. The van der Waals surface area contributed by atoms with Crippen molar-refractivity contribution in [1.82, 2.24) is 0 Å². The summed E-state index contributed by atoms with van der Waals surface area (Å²) in [7, 11) is 0. The van der Waals surface area contributed by atoms with Crippen LogP contribution < -0.4 is 5.73 Å². The molecule has 0 aliphatic rings. The number of benzene rings is 1. The molecule has 2 aromatic rings. The fraction of sp³-hybridized carbons (Fsp3) is 0.312. The molecule has 7 heteroatoms. The van der Waals surface area contributed by atoms with Gasteiger partial charge in [0, 0.05) is 16.2 Å². The minimum absolute atomic E-state index is 0.256. The summed E-state index contributed by atoms with van der Waals surface area (Å²) in [6, 6.07) is 7.86. The van der Waals surface area contributed by atoms with Crippen molar-refractivity contribution < 1.29 is 22.7 Å². The highest BCUT2D eigenvalue weighted by atomic mass is 32.1. The van der Waals surface area contributed by atoms with E-state index in [1.54, 1.807) is 25.1 Å². The fourth-order valence-electron chi connectivity index (χ4n) is 2.04. The van der Waals surface area contributed by atoms with E-state index in [1.165, 1.54) is 17.4 Å². The zero-order valence-corrected chi connectivity index (χ0v) is 13.2. The molecule has 0 saturated heterocycles. The third-order valence-corrected chi connectivity index (χ3v) is 4.30. The van der Waals surface area contributed by atoms with E-state index < -0.39 is 23.8 Å². The van der Waals surface area contributed by atoms with Crippen LogP contribution in [-0.2, 0) is 22.1 Å². The molecule has 2 N–H and O–H groups in total. The molecule has 1 atom stereocenters. The van der Waals surface area contributed by atoms with E-state index in [0.29, 0.717) is 16.9 Å². The number of nitrogens with two attached hydrogens (primary N) is 1. The topological polar surface area (TPSA) is 52.3 Å². The summed E-state index contributed by atoms with van der Waals surface area (Å²) in [5.41, 5.74) is 5.55. The van der Waals surface area contributed by atoms with Crippen LogP contribution >= 0.6 is 11.3 Å². The zero-order valence-electron chi connectivity index (χ0n) is 12.4. The Balaban J connectivity index is 2.15. The minimum atomic E-state index is -4.37. The monoisotopic (exact) mass is 343 g/mol. The van der Waals surface area contributed by atoms with Gasteiger partial charge in [-0.05, 0) is 36.8 Å². The van der Waals surface area contributed by atoms with Crippen LogP contribution in [0.25, 0.3) is 10.4 Å². The number of halogens is 3. The number of esters is 1. The number of hydrogen-bond donors (Lipinski definition) is 1. The Morgan fingerprint density at radius 1 is 1.30 bits per heavy atom. The molecule has 0 bridgehead atoms. The standard InChI is InChI=1S/C16H16F3NO2S/c1-2-22-15(21)13(20)9-12-6-7-14(23-12)10-4-3-5-11(8-10)16(17,18)19/h3-8,13H,2,9,20H2,1H3. The van der Waals surface area contributed by atoms with Gasteiger partial charge < -0.3 is 10.5 Å². The van der Waals surface area contributed by atoms with Gasteiger partial charge in [-0.2, -0.15) is 13.2 Å². The molecule has 23 heavy (non-hydrogen) atoms. The van der Waals surface area contributed by atoms with Crippen molar-refractivity contribution >= 4 is 17.3 Å². The van der Waals surface area contributed by atoms with Gasteiger partial charge in [0.15, 0.2) is 0 Å². The molecule has 1 aromatic carbocycles. The maximum Gasteiger partial charge on any atom is 0.416 e. The molecule has 0 spiro atoms. The van der Waals surface area contributed by atoms with Gasteiger partial charge in [-0.25, -0.2) is 0 Å². The summed E-state index contributed by atoms with van der Waals surface area (Å²) >= 11 is 1.31. The summed E-state index contributed by atoms with van der Waals surface area (Å²) in [4.78, 5) is 13.0. The van der Waals surface area contributed by atoms with Crippen molar-refractivity contribution in [3.05, 3.63) is 46.8 Å². The largest absolute Gasteiger partial charge is 0.465 e. The van der Waals surface area contributed by atoms with Crippen molar-refractivity contribution in [2.75, 3.05) is 6.61 Å². The minimum Gasteiger partial charge on any atom is -0.465 e. The lowest BCUT2D eigenvalue weighted by atomic mass is 10.1. The van der Waals surface area contributed by atoms with Gasteiger partial charge in [0.2, 0.25) is 0 Å². The number of alkyl halides is 3. The van der Waals surface area contributed by atoms with Crippen LogP contribution in [0.4, 0.5) is 13.2 Å². The van der Waals surface area contributed by atoms with E-state index in [9.17, 15) is 18.0 Å². The number of hydrogen-bond acceptors (Lipinski definition) is 4. The van der Waals surface area contributed by atoms with Crippen molar-refractivity contribution in [1.29, 1.82) is 0 Å². The summed E-state index contributed by atoms with van der Waals surface area (Å²) < 4.78 is 43.1. The van der Waals surface area contributed by atoms with Gasteiger partial charge in [-0.1, -0.05) is 12.1 Å². The van der Waals surface area contributed by atoms with Crippen LogP contribution in [0.3, 0.4) is 0 Å². The molecule has 3 nitrogen and oxygen atoms in total. The maximum absolute atomic E-state index is 12.8. The highest BCUT2D eigenvalue weighted by Gasteiger charge is 2.30. The van der Waals surface area contributed by atoms with Crippen molar-refractivity contribution in [2.45, 2.75) is 25.6 Å². The highest BCUT2D eigenvalue weighted by molar-refractivity contribution is 7.15. The van der Waals surface area contributed by atoms with E-state index in [0.717, 1.165) is 17.0 Å². The van der Waals surface area contributed by atoms with E-state index >= 15 is 0 Å². The fourth-order valence-corrected chi connectivity index (χ4v) is 3.10. The molecule has 1 heterocycles. The normalized spacial score (nSPS) is 12.9. The molecule has 124 valence electrons. The second-order valence-corrected chi connectivity index (χ2v) is 6.08. The molecule has 0 aliphatic heterocycles. The Bertz CT molecular complexity index is 682. The summed E-state index contributed by atoms with van der Waals surface area (Å²) in [5.74, 6) is -0.485. The smallest absolute Gasteiger partial charge is 0.416 e. The Morgan fingerprint density at radius 3 is 2.70 bits per heavy atom. The lowest BCUT2D eigenvalue weighted by Gasteiger charge is -2.09. The molecule has 1 unspecified atom stereocenters. The molecule has 0 radical (unpaired) electrons. The van der Waals surface area contributed by atoms with Gasteiger partial charge in [0.25, 0.3) is 0 Å². The van der Waals surface area contributed by atoms with Crippen molar-refractivity contribution in [3.63, 3.8) is 0 Å². The second kappa shape index (κ2) is 7.14. The predicted molar refractivity (Wildman–Crippen MR) is 83.1 cm³/mol. The number of thiophene rings is 1. The first-order chi connectivity index (χ1) is 10.8. The maximum atomic E-state index is 12.8. The van der Waals surface area contributed by atoms with Crippen LogP contribution in [0, 0.1) is 0 Å². The van der Waals surface area contributed by atoms with E-state index in [1.807, 2.05) is 0 Å². The Hall–Kier alpha value is -1.86. The first-order valence-corrected chi connectivity index (χ1v) is 7.81. The lowest BCUT2D eigenvalue weighted by Crippen LogP contribution is -2.34. The predicted octanol–water partition coefficient (Wildman–Crippen LogP) is 3.87. The SMILES string of the molecule is CCOC(=O)C(N)Cc1ccc(-c2cccc(C(F)(F)F)c2)s1. The summed E-state index contributed by atoms with van der Waals surface area (Å²) in [6.07, 6.45) is -4.08. The molecule has 0 saturated carbocycles. The Kier molecular flexibility index (Phi) is 5.43. The van der Waals surface area contributed by atoms with Gasteiger partial charge >= 0.3 is 12.1 Å². The van der Waals surface area contributed by atoms with Gasteiger partial charge in [-0.15, -0.1) is 11.3 Å². The van der Waals surface area contributed by atoms with Gasteiger partial charge in [-0.3, -0.25) is 4.79 Å². The van der Waals surface area contributed by atoms with Crippen molar-refractivity contribution in [3.8, 4) is 10.4 Å².